The van der Waals surface area contributed by atoms with Crippen LogP contribution in [0.25, 0.3) is 0 Å². The van der Waals surface area contributed by atoms with Crippen LogP contribution < -0.4 is 20.9 Å². The van der Waals surface area contributed by atoms with Crippen molar-refractivity contribution in [2.75, 3.05) is 41.8 Å². The number of nitrogens with zero attached hydrogens (tertiary/aromatic N) is 1. The molecule has 0 radical (unpaired) electrons. The van der Waals surface area contributed by atoms with Gasteiger partial charge in [0.15, 0.2) is 0 Å². The summed E-state index contributed by atoms with van der Waals surface area (Å²) in [4.78, 5) is 26.6. The molecule has 3 amide bonds. The molecule has 0 bridgehead atoms. The average Bonchev–Trinajstić information content (AvgIpc) is 2.71. The smallest absolute Gasteiger partial charge is 0.319 e. The first-order valence-corrected chi connectivity index (χ1v) is 9.46. The largest absolute Gasteiger partial charge is 0.378 e. The lowest BCUT2D eigenvalue weighted by Gasteiger charge is -2.29. The molecule has 2 aromatic rings. The van der Waals surface area contributed by atoms with E-state index in [0.29, 0.717) is 16.4 Å². The Hall–Kier alpha value is -2.77. The van der Waals surface area contributed by atoms with Gasteiger partial charge in [0.2, 0.25) is 5.91 Å². The molecule has 0 saturated carbocycles. The van der Waals surface area contributed by atoms with Gasteiger partial charge in [0.1, 0.15) is 6.04 Å². The normalized spacial score (nSPS) is 14.9. The topological polar surface area (TPSA) is 82.7 Å². The highest BCUT2D eigenvalue weighted by molar-refractivity contribution is 6.30. The molecule has 3 rings (SSSR count). The summed E-state index contributed by atoms with van der Waals surface area (Å²) in [5.74, 6) is -0.301. The number of hydrogen-bond donors (Lipinski definition) is 3. The van der Waals surface area contributed by atoms with Crippen molar-refractivity contribution in [2.45, 2.75) is 13.0 Å². The van der Waals surface area contributed by atoms with E-state index < -0.39 is 12.1 Å². The molecular weight excluding hydrogens is 380 g/mol. The van der Waals surface area contributed by atoms with Gasteiger partial charge in [-0.2, -0.15) is 0 Å². The van der Waals surface area contributed by atoms with Crippen LogP contribution in [0, 0.1) is 0 Å². The quantitative estimate of drug-likeness (QED) is 0.716. The molecule has 7 nitrogen and oxygen atoms in total. The summed E-state index contributed by atoms with van der Waals surface area (Å²) in [6.07, 6.45) is 0. The van der Waals surface area contributed by atoms with E-state index in [0.717, 1.165) is 32.0 Å². The van der Waals surface area contributed by atoms with Crippen molar-refractivity contribution in [2.24, 2.45) is 0 Å². The Morgan fingerprint density at radius 3 is 2.18 bits per heavy atom. The molecule has 1 heterocycles. The number of amides is 3. The molecule has 0 unspecified atom stereocenters. The fourth-order valence-electron chi connectivity index (χ4n) is 2.79. The van der Waals surface area contributed by atoms with Gasteiger partial charge in [-0.3, -0.25) is 4.79 Å². The van der Waals surface area contributed by atoms with Crippen molar-refractivity contribution in [3.05, 3.63) is 53.6 Å². The molecule has 2 aromatic carbocycles. The molecule has 1 saturated heterocycles. The van der Waals surface area contributed by atoms with Gasteiger partial charge < -0.3 is 25.6 Å². The van der Waals surface area contributed by atoms with E-state index in [1.165, 1.54) is 0 Å². The van der Waals surface area contributed by atoms with Crippen LogP contribution in [-0.4, -0.2) is 44.3 Å². The van der Waals surface area contributed by atoms with E-state index in [4.69, 9.17) is 16.3 Å². The van der Waals surface area contributed by atoms with Gasteiger partial charge in [0.05, 0.1) is 13.2 Å². The molecule has 0 spiro atoms. The maximum absolute atomic E-state index is 12.3. The highest BCUT2D eigenvalue weighted by Gasteiger charge is 2.16. The first-order chi connectivity index (χ1) is 13.5. The number of nitrogens with one attached hydrogen (secondary N) is 3. The number of urea groups is 1. The summed E-state index contributed by atoms with van der Waals surface area (Å²) in [5, 5.41) is 8.66. The minimum Gasteiger partial charge on any atom is -0.378 e. The standard InChI is InChI=1S/C20H23ClN4O3/c1-14(22-20(27)24-17-4-2-15(21)3-5-17)19(26)23-16-6-8-18(9-7-16)25-10-12-28-13-11-25/h2-9,14H,10-13H2,1H3,(H,23,26)(H2,22,24,27)/t14-/m1/s1. The molecule has 1 aliphatic rings. The van der Waals surface area contributed by atoms with Gasteiger partial charge in [-0.05, 0) is 55.5 Å². The van der Waals surface area contributed by atoms with Gasteiger partial charge in [-0.25, -0.2) is 4.79 Å². The zero-order valence-electron chi connectivity index (χ0n) is 15.6. The fraction of sp³-hybridized carbons (Fsp3) is 0.300. The number of ether oxygens (including phenoxy) is 1. The molecule has 1 atom stereocenters. The first-order valence-electron chi connectivity index (χ1n) is 9.08. The zero-order chi connectivity index (χ0) is 19.9. The Labute approximate surface area is 169 Å². The molecule has 28 heavy (non-hydrogen) atoms. The molecule has 1 aliphatic heterocycles. The van der Waals surface area contributed by atoms with Crippen molar-refractivity contribution in [1.29, 1.82) is 0 Å². The average molecular weight is 403 g/mol. The predicted octanol–water partition coefficient (Wildman–Crippen LogP) is 3.33. The molecule has 0 aliphatic carbocycles. The second kappa shape index (κ2) is 9.43. The van der Waals surface area contributed by atoms with Gasteiger partial charge in [0, 0.05) is 35.2 Å². The molecule has 0 aromatic heterocycles. The molecule has 8 heteroatoms. The third-order valence-corrected chi connectivity index (χ3v) is 4.61. The summed E-state index contributed by atoms with van der Waals surface area (Å²) >= 11 is 5.82. The molecule has 148 valence electrons. The Balaban J connectivity index is 1.49. The Morgan fingerprint density at radius 2 is 1.54 bits per heavy atom. The molecule has 1 fully saturated rings. The van der Waals surface area contributed by atoms with E-state index in [1.807, 2.05) is 24.3 Å². The van der Waals surface area contributed by atoms with Crippen LogP contribution in [0.3, 0.4) is 0 Å². The minimum absolute atomic E-state index is 0.301. The fourth-order valence-corrected chi connectivity index (χ4v) is 2.92. The third kappa shape index (κ3) is 5.61. The summed E-state index contributed by atoms with van der Waals surface area (Å²) in [5.41, 5.74) is 2.36. The Kier molecular flexibility index (Phi) is 6.73. The predicted molar refractivity (Wildman–Crippen MR) is 111 cm³/mol. The van der Waals surface area contributed by atoms with Crippen LogP contribution in [0.15, 0.2) is 48.5 Å². The zero-order valence-corrected chi connectivity index (χ0v) is 16.3. The van der Waals surface area contributed by atoms with Gasteiger partial charge in [-0.1, -0.05) is 11.6 Å². The van der Waals surface area contributed by atoms with Crippen LogP contribution >= 0.6 is 11.6 Å². The number of halogens is 1. The van der Waals surface area contributed by atoms with E-state index in [2.05, 4.69) is 20.9 Å². The first kappa shape index (κ1) is 20.0. The number of hydrogen-bond acceptors (Lipinski definition) is 4. The maximum atomic E-state index is 12.3. The van der Waals surface area contributed by atoms with Crippen LogP contribution in [0.1, 0.15) is 6.92 Å². The number of carbonyl (C=O) groups excluding carboxylic acids is 2. The number of carbonyl (C=O) groups is 2. The van der Waals surface area contributed by atoms with Crippen molar-refractivity contribution >= 4 is 40.6 Å². The number of morpholine rings is 1. The van der Waals surface area contributed by atoms with Gasteiger partial charge >= 0.3 is 6.03 Å². The van der Waals surface area contributed by atoms with Gasteiger partial charge in [0.25, 0.3) is 0 Å². The monoisotopic (exact) mass is 402 g/mol. The summed E-state index contributed by atoms with van der Waals surface area (Å²) in [6, 6.07) is 13.2. The van der Waals surface area contributed by atoms with E-state index in [1.54, 1.807) is 31.2 Å². The molecular formula is C20H23ClN4O3. The molecule has 3 N–H and O–H groups in total. The lowest BCUT2D eigenvalue weighted by atomic mass is 10.2. The third-order valence-electron chi connectivity index (χ3n) is 4.35. The summed E-state index contributed by atoms with van der Waals surface area (Å²) < 4.78 is 5.35. The van der Waals surface area contributed by atoms with E-state index in [9.17, 15) is 9.59 Å². The van der Waals surface area contributed by atoms with Crippen LogP contribution in [0.2, 0.25) is 5.02 Å². The second-order valence-corrected chi connectivity index (χ2v) is 6.90. The lowest BCUT2D eigenvalue weighted by molar-refractivity contribution is -0.117. The van der Waals surface area contributed by atoms with Crippen LogP contribution in [-0.2, 0) is 9.53 Å². The van der Waals surface area contributed by atoms with Crippen molar-refractivity contribution < 1.29 is 14.3 Å². The number of anilines is 3. The van der Waals surface area contributed by atoms with Crippen LogP contribution in [0.5, 0.6) is 0 Å². The van der Waals surface area contributed by atoms with Crippen molar-refractivity contribution in [1.82, 2.24) is 5.32 Å². The lowest BCUT2D eigenvalue weighted by Crippen LogP contribution is -2.43. The Morgan fingerprint density at radius 1 is 0.964 bits per heavy atom. The number of rotatable bonds is 5. The number of benzene rings is 2. The highest BCUT2D eigenvalue weighted by atomic mass is 35.5. The maximum Gasteiger partial charge on any atom is 0.319 e. The van der Waals surface area contributed by atoms with Gasteiger partial charge in [-0.15, -0.1) is 0 Å². The van der Waals surface area contributed by atoms with E-state index >= 15 is 0 Å². The Bertz CT molecular complexity index is 805. The van der Waals surface area contributed by atoms with Crippen LogP contribution in [0.4, 0.5) is 21.9 Å². The minimum atomic E-state index is -0.703. The van der Waals surface area contributed by atoms with E-state index in [-0.39, 0.29) is 5.91 Å². The van der Waals surface area contributed by atoms with Crippen molar-refractivity contribution in [3.63, 3.8) is 0 Å². The van der Waals surface area contributed by atoms with Crippen molar-refractivity contribution in [3.8, 4) is 0 Å². The second-order valence-electron chi connectivity index (χ2n) is 6.46. The summed E-state index contributed by atoms with van der Waals surface area (Å²) in [6.45, 7) is 4.78. The SMILES string of the molecule is C[C@@H](NC(=O)Nc1ccc(Cl)cc1)C(=O)Nc1ccc(N2CCOCC2)cc1. The highest BCUT2D eigenvalue weighted by Crippen LogP contribution is 2.19. The summed E-state index contributed by atoms with van der Waals surface area (Å²) in [7, 11) is 0.